The van der Waals surface area contributed by atoms with Gasteiger partial charge < -0.3 is 24.3 Å². The topological polar surface area (TPSA) is 84.0 Å². The SMILES string of the molecule is CCO[C@H]1CCN(Cc2c(OC)cc(C)c3[nH]ccc23)[C@H](c2ccc(C(=O)O)cc2OC)C1. The fourth-order valence-electron chi connectivity index (χ4n) is 4.99. The van der Waals surface area contributed by atoms with Crippen LogP contribution in [0.1, 0.15) is 52.9 Å². The van der Waals surface area contributed by atoms with E-state index in [9.17, 15) is 9.90 Å². The van der Waals surface area contributed by atoms with Gasteiger partial charge in [0.2, 0.25) is 0 Å². The van der Waals surface area contributed by atoms with Crippen molar-refractivity contribution in [3.05, 3.63) is 58.8 Å². The van der Waals surface area contributed by atoms with Crippen LogP contribution in [0.3, 0.4) is 0 Å². The largest absolute Gasteiger partial charge is 0.496 e. The van der Waals surface area contributed by atoms with Gasteiger partial charge in [-0.05, 0) is 56.5 Å². The number of hydrogen-bond acceptors (Lipinski definition) is 5. The van der Waals surface area contributed by atoms with E-state index < -0.39 is 5.97 Å². The quantitative estimate of drug-likeness (QED) is 0.504. The number of methoxy groups -OCH3 is 2. The molecule has 33 heavy (non-hydrogen) atoms. The Bertz CT molecular complexity index is 1140. The van der Waals surface area contributed by atoms with Crippen LogP contribution in [0.25, 0.3) is 10.9 Å². The molecule has 1 saturated heterocycles. The maximum Gasteiger partial charge on any atom is 0.335 e. The van der Waals surface area contributed by atoms with E-state index in [1.807, 2.05) is 19.2 Å². The number of aromatic nitrogens is 1. The Balaban J connectivity index is 1.75. The van der Waals surface area contributed by atoms with Gasteiger partial charge in [0, 0.05) is 54.0 Å². The average Bonchev–Trinajstić information content (AvgIpc) is 3.32. The van der Waals surface area contributed by atoms with Crippen molar-refractivity contribution in [2.75, 3.05) is 27.4 Å². The van der Waals surface area contributed by atoms with Crippen LogP contribution in [-0.4, -0.2) is 54.4 Å². The van der Waals surface area contributed by atoms with Crippen LogP contribution in [0.15, 0.2) is 36.5 Å². The highest BCUT2D eigenvalue weighted by Crippen LogP contribution is 2.40. The molecule has 176 valence electrons. The summed E-state index contributed by atoms with van der Waals surface area (Å²) in [7, 11) is 3.30. The zero-order chi connectivity index (χ0) is 23.5. The number of H-pyrrole nitrogens is 1. The zero-order valence-corrected chi connectivity index (χ0v) is 19.7. The average molecular weight is 453 g/mol. The number of aromatic amines is 1. The number of benzene rings is 2. The minimum atomic E-state index is -0.966. The van der Waals surface area contributed by atoms with E-state index in [0.717, 1.165) is 52.7 Å². The first-order valence-electron chi connectivity index (χ1n) is 11.4. The maximum atomic E-state index is 11.5. The first-order valence-corrected chi connectivity index (χ1v) is 11.4. The third-order valence-electron chi connectivity index (χ3n) is 6.60. The van der Waals surface area contributed by atoms with E-state index in [1.54, 1.807) is 26.4 Å². The molecule has 0 bridgehead atoms. The van der Waals surface area contributed by atoms with Gasteiger partial charge in [0.25, 0.3) is 0 Å². The number of ether oxygens (including phenoxy) is 3. The molecule has 2 N–H and O–H groups in total. The lowest BCUT2D eigenvalue weighted by Gasteiger charge is -2.40. The number of nitrogens with one attached hydrogen (secondary N) is 1. The van der Waals surface area contributed by atoms with Crippen LogP contribution in [0, 0.1) is 6.92 Å². The van der Waals surface area contributed by atoms with Gasteiger partial charge in [0.1, 0.15) is 11.5 Å². The van der Waals surface area contributed by atoms with Gasteiger partial charge >= 0.3 is 5.97 Å². The van der Waals surface area contributed by atoms with Crippen molar-refractivity contribution in [1.82, 2.24) is 9.88 Å². The van der Waals surface area contributed by atoms with Gasteiger partial charge in [-0.25, -0.2) is 4.79 Å². The Hall–Kier alpha value is -3.03. The summed E-state index contributed by atoms with van der Waals surface area (Å²) in [4.78, 5) is 17.3. The first-order chi connectivity index (χ1) is 16.0. The molecule has 0 amide bonds. The van der Waals surface area contributed by atoms with Gasteiger partial charge in [0.05, 0.1) is 25.9 Å². The Morgan fingerprint density at radius 2 is 1.97 bits per heavy atom. The molecule has 2 heterocycles. The minimum absolute atomic E-state index is 0.0214. The summed E-state index contributed by atoms with van der Waals surface area (Å²) >= 11 is 0. The summed E-state index contributed by atoms with van der Waals surface area (Å²) in [5, 5.41) is 10.6. The molecule has 0 saturated carbocycles. The lowest BCUT2D eigenvalue weighted by Crippen LogP contribution is -2.39. The predicted octanol–water partition coefficient (Wildman–Crippen LogP) is 4.93. The molecule has 2 aromatic carbocycles. The number of carboxylic acid groups (broad SMARTS) is 1. The smallest absolute Gasteiger partial charge is 0.335 e. The highest BCUT2D eigenvalue weighted by atomic mass is 16.5. The van der Waals surface area contributed by atoms with E-state index >= 15 is 0 Å². The summed E-state index contributed by atoms with van der Waals surface area (Å²) in [6, 6.07) is 9.35. The van der Waals surface area contributed by atoms with Crippen molar-refractivity contribution < 1.29 is 24.1 Å². The number of rotatable bonds is 8. The zero-order valence-electron chi connectivity index (χ0n) is 19.7. The Morgan fingerprint density at radius 3 is 2.67 bits per heavy atom. The number of aromatic carboxylic acids is 1. The third kappa shape index (κ3) is 4.56. The molecule has 7 nitrogen and oxygen atoms in total. The molecule has 0 radical (unpaired) electrons. The minimum Gasteiger partial charge on any atom is -0.496 e. The van der Waals surface area contributed by atoms with Crippen molar-refractivity contribution in [1.29, 1.82) is 0 Å². The Labute approximate surface area is 194 Å². The number of piperidine rings is 1. The lowest BCUT2D eigenvalue weighted by atomic mass is 9.91. The van der Waals surface area contributed by atoms with Gasteiger partial charge in [-0.3, -0.25) is 4.90 Å². The van der Waals surface area contributed by atoms with Crippen LogP contribution in [0.4, 0.5) is 0 Å². The fraction of sp³-hybridized carbons (Fsp3) is 0.423. The predicted molar refractivity (Wildman–Crippen MR) is 127 cm³/mol. The second-order valence-corrected chi connectivity index (χ2v) is 8.49. The summed E-state index contributed by atoms with van der Waals surface area (Å²) < 4.78 is 17.4. The van der Waals surface area contributed by atoms with Crippen LogP contribution in [-0.2, 0) is 11.3 Å². The number of hydrogen-bond donors (Lipinski definition) is 2. The second-order valence-electron chi connectivity index (χ2n) is 8.49. The van der Waals surface area contributed by atoms with Gasteiger partial charge in [-0.2, -0.15) is 0 Å². The molecule has 3 aromatic rings. The Kier molecular flexibility index (Phi) is 6.91. The van der Waals surface area contributed by atoms with Crippen LogP contribution in [0.2, 0.25) is 0 Å². The van der Waals surface area contributed by atoms with Crippen molar-refractivity contribution >= 4 is 16.9 Å². The molecule has 0 spiro atoms. The fourth-order valence-corrected chi connectivity index (χ4v) is 4.99. The van der Waals surface area contributed by atoms with Crippen molar-refractivity contribution in [3.63, 3.8) is 0 Å². The summed E-state index contributed by atoms with van der Waals surface area (Å²) in [6.07, 6.45) is 3.85. The van der Waals surface area contributed by atoms with Crippen molar-refractivity contribution in [3.8, 4) is 11.5 Å². The number of carboxylic acids is 1. The number of aryl methyl sites for hydroxylation is 1. The molecule has 7 heteroatoms. The number of likely N-dealkylation sites (tertiary alicyclic amines) is 1. The summed E-state index contributed by atoms with van der Waals surface area (Å²) in [5.41, 5.74) is 4.60. The van der Waals surface area contributed by atoms with E-state index in [4.69, 9.17) is 14.2 Å². The van der Waals surface area contributed by atoms with Crippen LogP contribution >= 0.6 is 0 Å². The molecule has 1 fully saturated rings. The first kappa shape index (κ1) is 23.1. The van der Waals surface area contributed by atoms with E-state index in [0.29, 0.717) is 18.9 Å². The third-order valence-corrected chi connectivity index (χ3v) is 6.60. The van der Waals surface area contributed by atoms with Crippen LogP contribution < -0.4 is 9.47 Å². The van der Waals surface area contributed by atoms with Gasteiger partial charge in [-0.1, -0.05) is 6.07 Å². The van der Waals surface area contributed by atoms with E-state index in [1.165, 1.54) is 0 Å². The number of fused-ring (bicyclic) bond motifs is 1. The van der Waals surface area contributed by atoms with Gasteiger partial charge in [0.15, 0.2) is 0 Å². The molecule has 1 aliphatic heterocycles. The molecule has 0 aliphatic carbocycles. The normalized spacial score (nSPS) is 19.0. The standard InChI is InChI=1S/C26H32N2O5/c1-5-33-18-9-11-28(15-21-19-8-10-27-25(19)16(2)12-23(21)31-3)22(14-18)20-7-6-17(26(29)30)13-24(20)32-4/h6-8,10,12-13,18,22,27H,5,9,11,14-15H2,1-4H3,(H,29,30)/t18-,22-/m0/s1. The molecule has 2 atom stereocenters. The summed E-state index contributed by atoms with van der Waals surface area (Å²) in [5.74, 6) is 0.495. The molecule has 4 rings (SSSR count). The molecule has 0 unspecified atom stereocenters. The van der Waals surface area contributed by atoms with Crippen molar-refractivity contribution in [2.24, 2.45) is 0 Å². The number of nitrogens with zero attached hydrogens (tertiary/aromatic N) is 1. The monoisotopic (exact) mass is 452 g/mol. The second kappa shape index (κ2) is 9.85. The molecule has 1 aromatic heterocycles. The summed E-state index contributed by atoms with van der Waals surface area (Å²) in [6.45, 7) is 6.31. The van der Waals surface area contributed by atoms with Crippen molar-refractivity contribution in [2.45, 2.75) is 45.4 Å². The number of carbonyl (C=O) groups is 1. The Morgan fingerprint density at radius 1 is 1.18 bits per heavy atom. The van der Waals surface area contributed by atoms with E-state index in [2.05, 4.69) is 28.9 Å². The highest BCUT2D eigenvalue weighted by molar-refractivity contribution is 5.89. The molecule has 1 aliphatic rings. The maximum absolute atomic E-state index is 11.5. The lowest BCUT2D eigenvalue weighted by molar-refractivity contribution is -0.0142. The van der Waals surface area contributed by atoms with Crippen LogP contribution in [0.5, 0.6) is 11.5 Å². The highest BCUT2D eigenvalue weighted by Gasteiger charge is 2.33. The van der Waals surface area contributed by atoms with Gasteiger partial charge in [-0.15, -0.1) is 0 Å². The molecular weight excluding hydrogens is 420 g/mol. The molecular formula is C26H32N2O5. The van der Waals surface area contributed by atoms with E-state index in [-0.39, 0.29) is 17.7 Å².